The average molecular weight is 364 g/mol. The molecule has 1 unspecified atom stereocenters. The van der Waals surface area contributed by atoms with Crippen LogP contribution in [0.15, 0.2) is 46.9 Å². The van der Waals surface area contributed by atoms with E-state index in [-0.39, 0.29) is 6.04 Å². The van der Waals surface area contributed by atoms with E-state index < -0.39 is 0 Å². The van der Waals surface area contributed by atoms with E-state index in [1.165, 1.54) is 5.56 Å². The quantitative estimate of drug-likeness (QED) is 0.715. The Morgan fingerprint density at radius 3 is 2.52 bits per heavy atom. The van der Waals surface area contributed by atoms with E-state index in [1.54, 1.807) is 0 Å². The molecule has 1 atom stereocenters. The van der Waals surface area contributed by atoms with Crippen LogP contribution in [0.5, 0.6) is 0 Å². The number of nitrogens with one attached hydrogen (secondary N) is 1. The summed E-state index contributed by atoms with van der Waals surface area (Å²) in [6, 6.07) is 15.9. The van der Waals surface area contributed by atoms with Crippen LogP contribution in [0.3, 0.4) is 0 Å². The van der Waals surface area contributed by atoms with Gasteiger partial charge in [-0.1, -0.05) is 37.1 Å². The van der Waals surface area contributed by atoms with Crippen molar-refractivity contribution in [2.75, 3.05) is 5.32 Å². The van der Waals surface area contributed by atoms with Crippen molar-refractivity contribution < 1.29 is 0 Å². The van der Waals surface area contributed by atoms with Crippen LogP contribution in [-0.2, 0) is 0 Å². The molecule has 0 spiro atoms. The standard InChI is InChI=1S/C17H16BrClN2/c1-2-3-16(13-5-7-14(19)8-6-13)21-17-9-4-12(11-20)10-15(17)18/h4-10,16,21H,2-3H2,1H3. The Bertz CT molecular complexity index is 647. The molecule has 2 nitrogen and oxygen atoms in total. The van der Waals surface area contributed by atoms with Crippen LogP contribution in [0.4, 0.5) is 5.69 Å². The molecular formula is C17H16BrClN2. The van der Waals surface area contributed by atoms with Gasteiger partial charge in [-0.2, -0.15) is 5.26 Å². The zero-order valence-electron chi connectivity index (χ0n) is 11.7. The Kier molecular flexibility index (Phi) is 5.67. The van der Waals surface area contributed by atoms with Crippen LogP contribution < -0.4 is 5.32 Å². The summed E-state index contributed by atoms with van der Waals surface area (Å²) in [6.45, 7) is 2.17. The number of benzene rings is 2. The van der Waals surface area contributed by atoms with Gasteiger partial charge in [0, 0.05) is 15.2 Å². The Morgan fingerprint density at radius 2 is 1.95 bits per heavy atom. The first kappa shape index (κ1) is 15.9. The lowest BCUT2D eigenvalue weighted by atomic mass is 10.0. The van der Waals surface area contributed by atoms with E-state index in [9.17, 15) is 0 Å². The van der Waals surface area contributed by atoms with Crippen molar-refractivity contribution >= 4 is 33.2 Å². The highest BCUT2D eigenvalue weighted by Gasteiger charge is 2.12. The van der Waals surface area contributed by atoms with Crippen molar-refractivity contribution in [1.82, 2.24) is 0 Å². The molecule has 0 heterocycles. The van der Waals surface area contributed by atoms with Gasteiger partial charge in [-0.05, 0) is 58.2 Å². The molecule has 0 saturated carbocycles. The van der Waals surface area contributed by atoms with Gasteiger partial charge in [0.2, 0.25) is 0 Å². The van der Waals surface area contributed by atoms with E-state index >= 15 is 0 Å². The largest absolute Gasteiger partial charge is 0.377 e. The Morgan fingerprint density at radius 1 is 1.24 bits per heavy atom. The van der Waals surface area contributed by atoms with Crippen LogP contribution in [0.25, 0.3) is 0 Å². The monoisotopic (exact) mass is 362 g/mol. The van der Waals surface area contributed by atoms with E-state index in [0.29, 0.717) is 5.56 Å². The highest BCUT2D eigenvalue weighted by molar-refractivity contribution is 9.10. The summed E-state index contributed by atoms with van der Waals surface area (Å²) >= 11 is 9.47. The number of rotatable bonds is 5. The zero-order chi connectivity index (χ0) is 15.2. The van der Waals surface area contributed by atoms with Gasteiger partial charge in [0.15, 0.2) is 0 Å². The lowest BCUT2D eigenvalue weighted by Gasteiger charge is -2.21. The van der Waals surface area contributed by atoms with E-state index in [0.717, 1.165) is 28.0 Å². The fourth-order valence-electron chi connectivity index (χ4n) is 2.20. The molecule has 4 heteroatoms. The molecular weight excluding hydrogens is 348 g/mol. The molecule has 1 N–H and O–H groups in total. The first-order valence-corrected chi connectivity index (χ1v) is 8.02. The van der Waals surface area contributed by atoms with Crippen molar-refractivity contribution in [3.8, 4) is 6.07 Å². The number of halogens is 2. The predicted molar refractivity (Wildman–Crippen MR) is 91.6 cm³/mol. The topological polar surface area (TPSA) is 35.8 Å². The van der Waals surface area contributed by atoms with Gasteiger partial charge in [-0.3, -0.25) is 0 Å². The number of anilines is 1. The summed E-state index contributed by atoms with van der Waals surface area (Å²) in [5.41, 5.74) is 2.84. The lowest BCUT2D eigenvalue weighted by Crippen LogP contribution is -2.11. The van der Waals surface area contributed by atoms with Crippen LogP contribution in [0.2, 0.25) is 5.02 Å². The van der Waals surface area contributed by atoms with E-state index in [4.69, 9.17) is 16.9 Å². The van der Waals surface area contributed by atoms with Gasteiger partial charge < -0.3 is 5.32 Å². The summed E-state index contributed by atoms with van der Waals surface area (Å²) in [5.74, 6) is 0. The summed E-state index contributed by atoms with van der Waals surface area (Å²) in [6.07, 6.45) is 2.10. The Labute approximate surface area is 138 Å². The molecule has 0 bridgehead atoms. The maximum absolute atomic E-state index is 8.92. The molecule has 0 radical (unpaired) electrons. The van der Waals surface area contributed by atoms with E-state index in [1.807, 2.05) is 42.5 Å². The fourth-order valence-corrected chi connectivity index (χ4v) is 2.81. The number of nitriles is 1. The highest BCUT2D eigenvalue weighted by Crippen LogP contribution is 2.30. The molecule has 2 aromatic carbocycles. The van der Waals surface area contributed by atoms with Crippen molar-refractivity contribution in [3.63, 3.8) is 0 Å². The Balaban J connectivity index is 2.24. The van der Waals surface area contributed by atoms with E-state index in [2.05, 4.69) is 34.2 Å². The first-order chi connectivity index (χ1) is 10.1. The second-order valence-corrected chi connectivity index (χ2v) is 6.13. The highest BCUT2D eigenvalue weighted by atomic mass is 79.9. The molecule has 0 aliphatic heterocycles. The van der Waals surface area contributed by atoms with Crippen molar-refractivity contribution in [3.05, 3.63) is 63.1 Å². The maximum Gasteiger partial charge on any atom is 0.0992 e. The lowest BCUT2D eigenvalue weighted by molar-refractivity contribution is 0.677. The molecule has 0 aliphatic carbocycles. The first-order valence-electron chi connectivity index (χ1n) is 6.85. The van der Waals surface area contributed by atoms with Crippen molar-refractivity contribution in [2.45, 2.75) is 25.8 Å². The van der Waals surface area contributed by atoms with Gasteiger partial charge in [0.25, 0.3) is 0 Å². The van der Waals surface area contributed by atoms with Gasteiger partial charge in [-0.15, -0.1) is 0 Å². The molecule has 0 aromatic heterocycles. The third kappa shape index (κ3) is 4.23. The molecule has 2 aromatic rings. The Hall–Kier alpha value is -1.50. The molecule has 0 amide bonds. The molecule has 0 fully saturated rings. The summed E-state index contributed by atoms with van der Waals surface area (Å²) in [5, 5.41) is 13.2. The van der Waals surface area contributed by atoms with Crippen molar-refractivity contribution in [1.29, 1.82) is 5.26 Å². The summed E-state index contributed by atoms with van der Waals surface area (Å²) in [4.78, 5) is 0. The normalized spacial score (nSPS) is 11.7. The predicted octanol–water partition coefficient (Wildman–Crippen LogP) is 5.93. The van der Waals surface area contributed by atoms with Crippen LogP contribution >= 0.6 is 27.5 Å². The third-order valence-corrected chi connectivity index (χ3v) is 4.19. The van der Waals surface area contributed by atoms with Gasteiger partial charge in [-0.25, -0.2) is 0 Å². The molecule has 0 aliphatic rings. The summed E-state index contributed by atoms with van der Waals surface area (Å²) < 4.78 is 0.900. The molecule has 2 rings (SSSR count). The SMILES string of the molecule is CCCC(Nc1ccc(C#N)cc1Br)c1ccc(Cl)cc1. The number of nitrogens with zero attached hydrogens (tertiary/aromatic N) is 1. The molecule has 108 valence electrons. The fraction of sp³-hybridized carbons (Fsp3) is 0.235. The van der Waals surface area contributed by atoms with Crippen molar-refractivity contribution in [2.24, 2.45) is 0 Å². The minimum absolute atomic E-state index is 0.219. The molecule has 21 heavy (non-hydrogen) atoms. The molecule has 0 saturated heterocycles. The van der Waals surface area contributed by atoms with Gasteiger partial charge in [0.05, 0.1) is 17.7 Å². The zero-order valence-corrected chi connectivity index (χ0v) is 14.1. The second kappa shape index (κ2) is 7.49. The minimum atomic E-state index is 0.219. The second-order valence-electron chi connectivity index (χ2n) is 4.84. The van der Waals surface area contributed by atoms with Gasteiger partial charge in [0.1, 0.15) is 0 Å². The van der Waals surface area contributed by atoms with Crippen LogP contribution in [0, 0.1) is 11.3 Å². The number of hydrogen-bond donors (Lipinski definition) is 1. The average Bonchev–Trinajstić information content (AvgIpc) is 2.49. The minimum Gasteiger partial charge on any atom is -0.377 e. The smallest absolute Gasteiger partial charge is 0.0992 e. The summed E-state index contributed by atoms with van der Waals surface area (Å²) in [7, 11) is 0. The maximum atomic E-state index is 8.92. The van der Waals surface area contributed by atoms with Crippen LogP contribution in [0.1, 0.15) is 36.9 Å². The van der Waals surface area contributed by atoms with Gasteiger partial charge >= 0.3 is 0 Å². The number of hydrogen-bond acceptors (Lipinski definition) is 2. The van der Waals surface area contributed by atoms with Crippen LogP contribution in [-0.4, -0.2) is 0 Å². The third-order valence-electron chi connectivity index (χ3n) is 3.28.